The van der Waals surface area contributed by atoms with E-state index in [0.29, 0.717) is 40.3 Å². The number of nitrogens with zero attached hydrogens (tertiary/aromatic N) is 6. The number of likely N-dealkylation sites (tertiary alicyclic amines) is 2. The molecule has 6 rings (SSSR count). The lowest BCUT2D eigenvalue weighted by atomic mass is 9.99. The third kappa shape index (κ3) is 4.01. The number of anilines is 2. The minimum Gasteiger partial charge on any atom is -0.477 e. The van der Waals surface area contributed by atoms with Crippen LogP contribution >= 0.6 is 0 Å². The third-order valence-corrected chi connectivity index (χ3v) is 7.71. The fraction of sp³-hybridized carbons (Fsp3) is 0.480. The van der Waals surface area contributed by atoms with E-state index in [9.17, 15) is 14.7 Å². The zero-order chi connectivity index (χ0) is 24.1. The molecule has 10 nitrogen and oxygen atoms in total. The number of carbonyl (C=O) groups is 2. The zero-order valence-electron chi connectivity index (χ0n) is 19.7. The second kappa shape index (κ2) is 8.60. The van der Waals surface area contributed by atoms with Gasteiger partial charge in [-0.25, -0.2) is 14.8 Å². The Morgan fingerprint density at radius 1 is 1.06 bits per heavy atom. The van der Waals surface area contributed by atoms with Gasteiger partial charge in [0.15, 0.2) is 0 Å². The van der Waals surface area contributed by atoms with Crippen LogP contribution in [0.3, 0.4) is 0 Å². The van der Waals surface area contributed by atoms with E-state index in [2.05, 4.69) is 32.2 Å². The van der Waals surface area contributed by atoms with Crippen LogP contribution in [0.15, 0.2) is 30.6 Å². The zero-order valence-corrected chi connectivity index (χ0v) is 19.7. The summed E-state index contributed by atoms with van der Waals surface area (Å²) in [5.41, 5.74) is 1.43. The number of piperidine rings is 1. The first-order chi connectivity index (χ1) is 17.0. The van der Waals surface area contributed by atoms with Gasteiger partial charge in [0.05, 0.1) is 5.56 Å². The smallest absolute Gasteiger partial charge is 0.352 e. The second-order valence-electron chi connectivity index (χ2n) is 10.1. The molecular formula is C25H29N7O3. The summed E-state index contributed by atoms with van der Waals surface area (Å²) in [6.45, 7) is 2.61. The highest BCUT2D eigenvalue weighted by atomic mass is 16.4. The van der Waals surface area contributed by atoms with Crippen LogP contribution in [0.2, 0.25) is 0 Å². The first-order valence-corrected chi connectivity index (χ1v) is 12.3. The van der Waals surface area contributed by atoms with Crippen LogP contribution < -0.4 is 5.32 Å². The molecule has 2 bridgehead atoms. The largest absolute Gasteiger partial charge is 0.477 e. The summed E-state index contributed by atoms with van der Waals surface area (Å²) in [7, 11) is 2.13. The number of carbonyl (C=O) groups excluding carboxylic acids is 1. The normalized spacial score (nSPS) is 22.7. The molecule has 0 aromatic carbocycles. The Morgan fingerprint density at radius 3 is 2.60 bits per heavy atom. The number of pyridine rings is 1. The van der Waals surface area contributed by atoms with Crippen LogP contribution in [0, 0.1) is 5.92 Å². The second-order valence-corrected chi connectivity index (χ2v) is 10.1. The molecule has 0 spiro atoms. The molecule has 3 aliphatic rings. The Kier molecular flexibility index (Phi) is 5.40. The van der Waals surface area contributed by atoms with E-state index in [1.165, 1.54) is 6.42 Å². The van der Waals surface area contributed by atoms with Gasteiger partial charge in [-0.3, -0.25) is 4.79 Å². The Balaban J connectivity index is 1.21. The van der Waals surface area contributed by atoms with Crippen LogP contribution in [-0.2, 0) is 0 Å². The van der Waals surface area contributed by atoms with Gasteiger partial charge >= 0.3 is 5.97 Å². The van der Waals surface area contributed by atoms with Crippen LogP contribution in [0.4, 0.5) is 11.8 Å². The van der Waals surface area contributed by atoms with Crippen molar-refractivity contribution in [3.8, 4) is 0 Å². The summed E-state index contributed by atoms with van der Waals surface area (Å²) in [6.07, 6.45) is 8.47. The summed E-state index contributed by atoms with van der Waals surface area (Å²) in [4.78, 5) is 42.6. The van der Waals surface area contributed by atoms with Crippen molar-refractivity contribution in [2.24, 2.45) is 5.92 Å². The number of fused-ring (bicyclic) bond motifs is 3. The highest BCUT2D eigenvalue weighted by molar-refractivity contribution is 5.94. The predicted molar refractivity (Wildman–Crippen MR) is 130 cm³/mol. The van der Waals surface area contributed by atoms with Crippen LogP contribution in [-0.4, -0.2) is 79.0 Å². The number of aromatic carboxylic acids is 1. The van der Waals surface area contributed by atoms with E-state index >= 15 is 0 Å². The SMILES string of the molecule is CN1CC2CC1CN(C(=O)c1ccc(Nc3ncc4cc(C(=O)O)n(C5CCCC5)c4n3)nc1)C2. The first kappa shape index (κ1) is 22.0. The standard InChI is InChI=1S/C25H29N7O3/c1-30-12-15-8-19(30)14-31(13-15)23(33)16-6-7-21(26-10-16)28-25-27-11-17-9-20(24(34)35)32(22(17)29-25)18-4-2-3-5-18/h6-7,9-11,15,18-19H,2-5,8,12-14H2,1H3,(H,34,35)(H,26,27,28,29). The third-order valence-electron chi connectivity index (χ3n) is 7.71. The highest BCUT2D eigenvalue weighted by Gasteiger charge is 2.38. The average molecular weight is 476 g/mol. The van der Waals surface area contributed by atoms with Crippen molar-refractivity contribution in [3.63, 3.8) is 0 Å². The minimum absolute atomic E-state index is 0.0160. The molecular weight excluding hydrogens is 446 g/mol. The van der Waals surface area contributed by atoms with Crippen molar-refractivity contribution in [3.05, 3.63) is 41.9 Å². The quantitative estimate of drug-likeness (QED) is 0.578. The summed E-state index contributed by atoms with van der Waals surface area (Å²) >= 11 is 0. The molecule has 5 heterocycles. The van der Waals surface area contributed by atoms with E-state index in [1.807, 2.05) is 9.47 Å². The fourth-order valence-electron chi connectivity index (χ4n) is 6.00. The number of amides is 1. The maximum atomic E-state index is 13.0. The molecule has 2 aliphatic heterocycles. The summed E-state index contributed by atoms with van der Waals surface area (Å²) < 4.78 is 1.84. The Morgan fingerprint density at radius 2 is 1.89 bits per heavy atom. The lowest BCUT2D eigenvalue weighted by Gasteiger charge is -2.32. The molecule has 35 heavy (non-hydrogen) atoms. The van der Waals surface area contributed by atoms with E-state index in [1.54, 1.807) is 30.6 Å². The molecule has 3 aromatic heterocycles. The number of carboxylic acids is 1. The van der Waals surface area contributed by atoms with Gasteiger partial charge in [-0.15, -0.1) is 0 Å². The van der Waals surface area contributed by atoms with E-state index < -0.39 is 5.97 Å². The molecule has 3 aromatic rings. The molecule has 3 fully saturated rings. The number of hydrogen-bond donors (Lipinski definition) is 2. The fourth-order valence-corrected chi connectivity index (χ4v) is 6.00. The van der Waals surface area contributed by atoms with Crippen LogP contribution in [0.5, 0.6) is 0 Å². The minimum atomic E-state index is -0.959. The van der Waals surface area contributed by atoms with Gasteiger partial charge in [0.1, 0.15) is 17.2 Å². The summed E-state index contributed by atoms with van der Waals surface area (Å²) in [5, 5.41) is 13.5. The van der Waals surface area contributed by atoms with E-state index in [0.717, 1.165) is 45.3 Å². The molecule has 2 N–H and O–H groups in total. The molecule has 1 aliphatic carbocycles. The lowest BCUT2D eigenvalue weighted by molar-refractivity contribution is 0.0670. The first-order valence-electron chi connectivity index (χ1n) is 12.3. The van der Waals surface area contributed by atoms with Crippen LogP contribution in [0.1, 0.15) is 59.0 Å². The molecule has 0 radical (unpaired) electrons. The number of carboxylic acid groups (broad SMARTS) is 1. The van der Waals surface area contributed by atoms with Gasteiger partial charge in [0.2, 0.25) is 5.95 Å². The van der Waals surface area contributed by atoms with Gasteiger partial charge in [0, 0.05) is 49.5 Å². The van der Waals surface area contributed by atoms with Crippen molar-refractivity contribution in [2.45, 2.75) is 44.2 Å². The van der Waals surface area contributed by atoms with Gasteiger partial charge in [-0.1, -0.05) is 12.8 Å². The van der Waals surface area contributed by atoms with Crippen molar-refractivity contribution in [1.82, 2.24) is 29.3 Å². The Hall–Kier alpha value is -3.53. The number of hydrogen-bond acceptors (Lipinski definition) is 7. The lowest BCUT2D eigenvalue weighted by Crippen LogP contribution is -2.44. The number of aromatic nitrogens is 4. The van der Waals surface area contributed by atoms with Gasteiger partial charge in [0.25, 0.3) is 5.91 Å². The molecule has 2 saturated heterocycles. The van der Waals surface area contributed by atoms with E-state index in [4.69, 9.17) is 0 Å². The average Bonchev–Trinajstić information content (AvgIpc) is 3.56. The summed E-state index contributed by atoms with van der Waals surface area (Å²) in [6, 6.07) is 5.76. The maximum Gasteiger partial charge on any atom is 0.352 e. The van der Waals surface area contributed by atoms with Gasteiger partial charge < -0.3 is 24.8 Å². The predicted octanol–water partition coefficient (Wildman–Crippen LogP) is 3.16. The maximum absolute atomic E-state index is 13.0. The van der Waals surface area contributed by atoms with Gasteiger partial charge in [-0.2, -0.15) is 4.98 Å². The van der Waals surface area contributed by atoms with Crippen molar-refractivity contribution in [1.29, 1.82) is 0 Å². The number of likely N-dealkylation sites (N-methyl/N-ethyl adjacent to an activating group) is 1. The molecule has 1 amide bonds. The van der Waals surface area contributed by atoms with Crippen LogP contribution in [0.25, 0.3) is 11.0 Å². The topological polar surface area (TPSA) is 116 Å². The Labute approximate surface area is 203 Å². The number of rotatable bonds is 5. The van der Waals surface area contributed by atoms with Gasteiger partial charge in [-0.05, 0) is 50.4 Å². The number of nitrogens with one attached hydrogen (secondary N) is 1. The van der Waals surface area contributed by atoms with E-state index in [-0.39, 0.29) is 17.6 Å². The molecule has 182 valence electrons. The van der Waals surface area contributed by atoms with Crippen molar-refractivity contribution < 1.29 is 14.7 Å². The van der Waals surface area contributed by atoms with Crippen molar-refractivity contribution in [2.75, 3.05) is 32.0 Å². The highest BCUT2D eigenvalue weighted by Crippen LogP contribution is 2.34. The molecule has 1 saturated carbocycles. The summed E-state index contributed by atoms with van der Waals surface area (Å²) in [5.74, 6) is 0.473. The van der Waals surface area contributed by atoms with Crippen molar-refractivity contribution >= 4 is 34.7 Å². The molecule has 2 atom stereocenters. The molecule has 2 unspecified atom stereocenters. The monoisotopic (exact) mass is 475 g/mol. The molecule has 10 heteroatoms. The Bertz CT molecular complexity index is 1280.